The van der Waals surface area contributed by atoms with Crippen LogP contribution in [0, 0.1) is 0 Å². The summed E-state index contributed by atoms with van der Waals surface area (Å²) in [5.41, 5.74) is 0. The van der Waals surface area contributed by atoms with Gasteiger partial charge in [0.25, 0.3) is 0 Å². The zero-order valence-corrected chi connectivity index (χ0v) is 12.1. The first-order valence-corrected chi connectivity index (χ1v) is 6.81. The molecule has 0 amide bonds. The number of fused-ring (bicyclic) bond motifs is 3. The minimum atomic E-state index is 0.593. The standard InChI is InChI=1S/C12H9BrN2O2S/c1-16-9-7(13)4-3-6-8-11(17-2)14-5-15-12(8)18-10(6)9/h3-5H,1-2H3. The normalized spacial score (nSPS) is 11.1. The average Bonchev–Trinajstić information content (AvgIpc) is 2.76. The van der Waals surface area contributed by atoms with E-state index in [2.05, 4.69) is 25.9 Å². The smallest absolute Gasteiger partial charge is 0.225 e. The Morgan fingerprint density at radius 1 is 1.17 bits per heavy atom. The zero-order chi connectivity index (χ0) is 12.7. The van der Waals surface area contributed by atoms with E-state index in [9.17, 15) is 0 Å². The van der Waals surface area contributed by atoms with Crippen LogP contribution in [0.25, 0.3) is 20.3 Å². The lowest BCUT2D eigenvalue weighted by atomic mass is 10.2. The molecule has 1 aromatic carbocycles. The molecular formula is C12H9BrN2O2S. The summed E-state index contributed by atoms with van der Waals surface area (Å²) in [4.78, 5) is 9.33. The molecule has 3 aromatic rings. The number of methoxy groups -OCH3 is 2. The molecule has 3 rings (SSSR count). The lowest BCUT2D eigenvalue weighted by molar-refractivity contribution is 0.403. The maximum Gasteiger partial charge on any atom is 0.225 e. The molecule has 0 spiro atoms. The fourth-order valence-corrected chi connectivity index (χ4v) is 3.72. The molecule has 0 N–H and O–H groups in total. The van der Waals surface area contributed by atoms with Gasteiger partial charge in [0.15, 0.2) is 5.75 Å². The Morgan fingerprint density at radius 3 is 2.72 bits per heavy atom. The van der Waals surface area contributed by atoms with Crippen LogP contribution in [-0.2, 0) is 0 Å². The fraction of sp³-hybridized carbons (Fsp3) is 0.167. The Hall–Kier alpha value is -1.40. The summed E-state index contributed by atoms with van der Waals surface area (Å²) in [5, 5.41) is 1.98. The third kappa shape index (κ3) is 1.56. The van der Waals surface area contributed by atoms with Crippen molar-refractivity contribution in [1.29, 1.82) is 0 Å². The molecule has 0 unspecified atom stereocenters. The molecule has 0 aliphatic carbocycles. The molecule has 0 atom stereocenters. The number of hydrogen-bond acceptors (Lipinski definition) is 5. The molecular weight excluding hydrogens is 316 g/mol. The van der Waals surface area contributed by atoms with Crippen molar-refractivity contribution in [2.24, 2.45) is 0 Å². The number of thiophene rings is 1. The number of hydrogen-bond donors (Lipinski definition) is 0. The quantitative estimate of drug-likeness (QED) is 0.722. The van der Waals surface area contributed by atoms with E-state index >= 15 is 0 Å². The second-order valence-electron chi connectivity index (χ2n) is 3.62. The molecule has 0 fully saturated rings. The van der Waals surface area contributed by atoms with Crippen LogP contribution in [0.1, 0.15) is 0 Å². The molecule has 6 heteroatoms. The average molecular weight is 325 g/mol. The third-order valence-electron chi connectivity index (χ3n) is 2.71. The Balaban J connectivity index is 2.52. The van der Waals surface area contributed by atoms with Crippen LogP contribution >= 0.6 is 27.3 Å². The largest absolute Gasteiger partial charge is 0.494 e. The highest BCUT2D eigenvalue weighted by Gasteiger charge is 2.16. The molecule has 18 heavy (non-hydrogen) atoms. The molecule has 0 aliphatic heterocycles. The maximum atomic E-state index is 5.44. The van der Waals surface area contributed by atoms with Crippen LogP contribution in [0.15, 0.2) is 22.9 Å². The van der Waals surface area contributed by atoms with Gasteiger partial charge in [0.1, 0.15) is 11.2 Å². The van der Waals surface area contributed by atoms with Gasteiger partial charge >= 0.3 is 0 Å². The van der Waals surface area contributed by atoms with Crippen molar-refractivity contribution < 1.29 is 9.47 Å². The summed E-state index contributed by atoms with van der Waals surface area (Å²) in [6, 6.07) is 3.98. The Kier molecular flexibility index (Phi) is 2.83. The Bertz CT molecular complexity index is 742. The SMILES string of the molecule is COc1c(Br)ccc2c1sc1ncnc(OC)c12. The van der Waals surface area contributed by atoms with Gasteiger partial charge in [-0.15, -0.1) is 11.3 Å². The highest BCUT2D eigenvalue weighted by molar-refractivity contribution is 9.10. The summed E-state index contributed by atoms with van der Waals surface area (Å²) in [7, 11) is 3.27. The van der Waals surface area contributed by atoms with E-state index < -0.39 is 0 Å². The number of benzene rings is 1. The Labute approximate surface area is 116 Å². The van der Waals surface area contributed by atoms with E-state index in [4.69, 9.17) is 9.47 Å². The van der Waals surface area contributed by atoms with E-state index in [0.717, 1.165) is 30.5 Å². The van der Waals surface area contributed by atoms with Crippen LogP contribution in [0.5, 0.6) is 11.6 Å². The topological polar surface area (TPSA) is 44.2 Å². The number of ether oxygens (including phenoxy) is 2. The number of halogens is 1. The van der Waals surface area contributed by atoms with Crippen molar-refractivity contribution >= 4 is 47.6 Å². The summed E-state index contributed by atoms with van der Waals surface area (Å²) >= 11 is 5.06. The zero-order valence-electron chi connectivity index (χ0n) is 9.73. The molecule has 2 heterocycles. The molecule has 0 saturated carbocycles. The van der Waals surface area contributed by atoms with Gasteiger partial charge in [0.05, 0.1) is 28.8 Å². The predicted molar refractivity (Wildman–Crippen MR) is 75.7 cm³/mol. The van der Waals surface area contributed by atoms with Crippen LogP contribution in [0.3, 0.4) is 0 Å². The predicted octanol–water partition coefficient (Wildman–Crippen LogP) is 3.62. The van der Waals surface area contributed by atoms with E-state index in [0.29, 0.717) is 5.88 Å². The van der Waals surface area contributed by atoms with Gasteiger partial charge in [0.2, 0.25) is 5.88 Å². The van der Waals surface area contributed by atoms with Crippen LogP contribution in [0.4, 0.5) is 0 Å². The van der Waals surface area contributed by atoms with Gasteiger partial charge in [-0.1, -0.05) is 6.07 Å². The lowest BCUT2D eigenvalue weighted by Crippen LogP contribution is -1.88. The molecule has 0 radical (unpaired) electrons. The molecule has 4 nitrogen and oxygen atoms in total. The van der Waals surface area contributed by atoms with E-state index in [-0.39, 0.29) is 0 Å². The molecule has 0 saturated heterocycles. The first-order chi connectivity index (χ1) is 8.76. The fourth-order valence-electron chi connectivity index (χ4n) is 1.94. The Morgan fingerprint density at radius 2 is 2.00 bits per heavy atom. The summed E-state index contributed by atoms with van der Waals surface area (Å²) in [6.07, 6.45) is 1.51. The van der Waals surface area contributed by atoms with Crippen molar-refractivity contribution in [1.82, 2.24) is 9.97 Å². The first kappa shape index (κ1) is 11.7. The van der Waals surface area contributed by atoms with Gasteiger partial charge in [-0.3, -0.25) is 0 Å². The van der Waals surface area contributed by atoms with Crippen molar-refractivity contribution in [3.63, 3.8) is 0 Å². The van der Waals surface area contributed by atoms with Crippen molar-refractivity contribution in [2.45, 2.75) is 0 Å². The first-order valence-electron chi connectivity index (χ1n) is 5.20. The van der Waals surface area contributed by atoms with E-state index in [1.54, 1.807) is 25.6 Å². The van der Waals surface area contributed by atoms with Gasteiger partial charge < -0.3 is 9.47 Å². The van der Waals surface area contributed by atoms with Gasteiger partial charge in [0, 0.05) is 5.39 Å². The van der Waals surface area contributed by atoms with Gasteiger partial charge in [-0.05, 0) is 22.0 Å². The number of nitrogens with zero attached hydrogens (tertiary/aromatic N) is 2. The highest BCUT2D eigenvalue weighted by atomic mass is 79.9. The van der Waals surface area contributed by atoms with Gasteiger partial charge in [-0.25, -0.2) is 9.97 Å². The molecule has 92 valence electrons. The maximum absolute atomic E-state index is 5.44. The number of aromatic nitrogens is 2. The second kappa shape index (κ2) is 4.37. The molecule has 0 bridgehead atoms. The van der Waals surface area contributed by atoms with Crippen LogP contribution in [-0.4, -0.2) is 24.2 Å². The summed E-state index contributed by atoms with van der Waals surface area (Å²) in [5.74, 6) is 1.41. The third-order valence-corrected chi connectivity index (χ3v) is 4.44. The molecule has 0 aliphatic rings. The summed E-state index contributed by atoms with van der Waals surface area (Å²) in [6.45, 7) is 0. The summed E-state index contributed by atoms with van der Waals surface area (Å²) < 4.78 is 12.7. The minimum absolute atomic E-state index is 0.593. The second-order valence-corrected chi connectivity index (χ2v) is 5.48. The van der Waals surface area contributed by atoms with Crippen molar-refractivity contribution in [3.05, 3.63) is 22.9 Å². The molecule has 2 aromatic heterocycles. The van der Waals surface area contributed by atoms with E-state index in [1.807, 2.05) is 12.1 Å². The highest BCUT2D eigenvalue weighted by Crippen LogP contribution is 2.44. The van der Waals surface area contributed by atoms with Crippen LogP contribution < -0.4 is 9.47 Å². The van der Waals surface area contributed by atoms with Crippen molar-refractivity contribution in [3.8, 4) is 11.6 Å². The van der Waals surface area contributed by atoms with E-state index in [1.165, 1.54) is 6.33 Å². The van der Waals surface area contributed by atoms with Gasteiger partial charge in [-0.2, -0.15) is 0 Å². The monoisotopic (exact) mass is 324 g/mol. The van der Waals surface area contributed by atoms with Crippen molar-refractivity contribution in [2.75, 3.05) is 14.2 Å². The minimum Gasteiger partial charge on any atom is -0.494 e. The van der Waals surface area contributed by atoms with Crippen LogP contribution in [0.2, 0.25) is 0 Å². The lowest BCUT2D eigenvalue weighted by Gasteiger charge is -2.04. The number of rotatable bonds is 2.